The first-order chi connectivity index (χ1) is 10.1. The molecule has 0 radical (unpaired) electrons. The fourth-order valence-electron chi connectivity index (χ4n) is 3.02. The van der Waals surface area contributed by atoms with Gasteiger partial charge in [-0.2, -0.15) is 0 Å². The third-order valence-corrected chi connectivity index (χ3v) is 3.79. The molecule has 0 unspecified atom stereocenters. The summed E-state index contributed by atoms with van der Waals surface area (Å²) in [5.41, 5.74) is 4.28. The molecule has 3 heteroatoms. The van der Waals surface area contributed by atoms with Crippen molar-refractivity contribution < 1.29 is 14.6 Å². The van der Waals surface area contributed by atoms with E-state index in [1.807, 2.05) is 20.8 Å². The van der Waals surface area contributed by atoms with Crippen LogP contribution in [0.5, 0.6) is 5.75 Å². The second-order valence-electron chi connectivity index (χ2n) is 4.91. The maximum absolute atomic E-state index is 11.8. The average molecular weight is 290 g/mol. The third kappa shape index (κ3) is 3.29. The summed E-state index contributed by atoms with van der Waals surface area (Å²) in [4.78, 5) is 11.8. The zero-order chi connectivity index (χ0) is 16.0. The lowest BCUT2D eigenvalue weighted by Gasteiger charge is -2.23. The number of rotatable bonds is 8. The molecule has 0 saturated heterocycles. The molecule has 0 fully saturated rings. The van der Waals surface area contributed by atoms with Crippen LogP contribution in [-0.2, 0) is 25.7 Å². The molecular formula is C18H26O3. The minimum atomic E-state index is -0.851. The molecule has 1 aromatic carbocycles. The summed E-state index contributed by atoms with van der Waals surface area (Å²) in [5, 5.41) is 9.69. The van der Waals surface area contributed by atoms with Crippen molar-refractivity contribution in [1.29, 1.82) is 0 Å². The van der Waals surface area contributed by atoms with Gasteiger partial charge < -0.3 is 9.84 Å². The van der Waals surface area contributed by atoms with Crippen LogP contribution in [0.25, 0.3) is 0 Å². The van der Waals surface area contributed by atoms with Crippen LogP contribution in [0.4, 0.5) is 0 Å². The highest BCUT2D eigenvalue weighted by Crippen LogP contribution is 2.36. The van der Waals surface area contributed by atoms with Gasteiger partial charge in [-0.1, -0.05) is 26.8 Å². The van der Waals surface area contributed by atoms with Gasteiger partial charge in [0, 0.05) is 0 Å². The normalized spacial score (nSPS) is 10.5. The fourth-order valence-corrected chi connectivity index (χ4v) is 3.02. The molecular weight excluding hydrogens is 264 g/mol. The van der Waals surface area contributed by atoms with Gasteiger partial charge in [0.25, 0.3) is 0 Å². The molecule has 0 aromatic heterocycles. The molecule has 0 aliphatic carbocycles. The monoisotopic (exact) mass is 290 g/mol. The zero-order valence-electron chi connectivity index (χ0n) is 13.6. The number of carboxylic acid groups (broad SMARTS) is 1. The van der Waals surface area contributed by atoms with E-state index in [9.17, 15) is 9.90 Å². The van der Waals surface area contributed by atoms with Crippen LogP contribution in [0, 0.1) is 0 Å². The van der Waals surface area contributed by atoms with Crippen LogP contribution in [0.15, 0.2) is 12.7 Å². The van der Waals surface area contributed by atoms with E-state index in [-0.39, 0.29) is 0 Å². The molecule has 3 nitrogen and oxygen atoms in total. The summed E-state index contributed by atoms with van der Waals surface area (Å²) in [6.45, 7) is 12.4. The third-order valence-electron chi connectivity index (χ3n) is 3.79. The summed E-state index contributed by atoms with van der Waals surface area (Å²) in [5.74, 6) is 0.0392. The topological polar surface area (TPSA) is 46.5 Å². The SMILES string of the molecule is C=CCc1c(CC)c(OCC)c(CC)c(CC)c1C(=O)O. The van der Waals surface area contributed by atoms with Crippen molar-refractivity contribution in [3.05, 3.63) is 40.5 Å². The quantitative estimate of drug-likeness (QED) is 0.730. The Hall–Kier alpha value is -1.77. The van der Waals surface area contributed by atoms with E-state index in [1.54, 1.807) is 6.08 Å². The van der Waals surface area contributed by atoms with Crippen molar-refractivity contribution in [3.63, 3.8) is 0 Å². The molecule has 1 rings (SSSR count). The molecule has 0 atom stereocenters. The Morgan fingerprint density at radius 3 is 1.95 bits per heavy atom. The van der Waals surface area contributed by atoms with Crippen molar-refractivity contribution >= 4 is 5.97 Å². The van der Waals surface area contributed by atoms with Gasteiger partial charge >= 0.3 is 5.97 Å². The van der Waals surface area contributed by atoms with Crippen molar-refractivity contribution in [1.82, 2.24) is 0 Å². The highest BCUT2D eigenvalue weighted by atomic mass is 16.5. The van der Waals surface area contributed by atoms with Gasteiger partial charge in [0.15, 0.2) is 0 Å². The maximum atomic E-state index is 11.8. The van der Waals surface area contributed by atoms with Crippen LogP contribution in [0.1, 0.15) is 60.3 Å². The van der Waals surface area contributed by atoms with Gasteiger partial charge in [-0.15, -0.1) is 6.58 Å². The molecule has 116 valence electrons. The Bertz CT molecular complexity index is 530. The largest absolute Gasteiger partial charge is 0.493 e. The van der Waals surface area contributed by atoms with Gasteiger partial charge in [0.05, 0.1) is 12.2 Å². The van der Waals surface area contributed by atoms with Gasteiger partial charge in [0.1, 0.15) is 5.75 Å². The van der Waals surface area contributed by atoms with Gasteiger partial charge in [-0.3, -0.25) is 0 Å². The van der Waals surface area contributed by atoms with E-state index >= 15 is 0 Å². The molecule has 0 saturated carbocycles. The second-order valence-corrected chi connectivity index (χ2v) is 4.91. The smallest absolute Gasteiger partial charge is 0.336 e. The minimum absolute atomic E-state index is 0.453. The van der Waals surface area contributed by atoms with E-state index in [2.05, 4.69) is 13.5 Å². The van der Waals surface area contributed by atoms with Crippen molar-refractivity contribution in [2.45, 2.75) is 53.4 Å². The van der Waals surface area contributed by atoms with E-state index in [1.165, 1.54) is 0 Å². The molecule has 0 spiro atoms. The Morgan fingerprint density at radius 1 is 1.05 bits per heavy atom. The fraction of sp³-hybridized carbons (Fsp3) is 0.500. The molecule has 0 aliphatic heterocycles. The van der Waals surface area contributed by atoms with Crippen molar-refractivity contribution in [3.8, 4) is 5.75 Å². The van der Waals surface area contributed by atoms with Crippen LogP contribution in [0.2, 0.25) is 0 Å². The van der Waals surface area contributed by atoms with E-state index in [4.69, 9.17) is 4.74 Å². The Kier molecular flexibility index (Phi) is 6.47. The first kappa shape index (κ1) is 17.3. The molecule has 0 amide bonds. The predicted octanol–water partition coefficient (Wildman–Crippen LogP) is 4.20. The number of allylic oxidation sites excluding steroid dienone is 1. The van der Waals surface area contributed by atoms with Gasteiger partial charge in [0.2, 0.25) is 0 Å². The lowest BCUT2D eigenvalue weighted by Crippen LogP contribution is -2.15. The number of hydrogen-bond donors (Lipinski definition) is 1. The van der Waals surface area contributed by atoms with Crippen molar-refractivity contribution in [2.24, 2.45) is 0 Å². The molecule has 0 heterocycles. The van der Waals surface area contributed by atoms with Crippen molar-refractivity contribution in [2.75, 3.05) is 6.61 Å². The number of benzene rings is 1. The second kappa shape index (κ2) is 7.87. The summed E-state index contributed by atoms with van der Waals surface area (Å²) >= 11 is 0. The zero-order valence-corrected chi connectivity index (χ0v) is 13.6. The summed E-state index contributed by atoms with van der Waals surface area (Å²) < 4.78 is 5.89. The van der Waals surface area contributed by atoms with E-state index in [0.29, 0.717) is 25.0 Å². The Balaban J connectivity index is 3.85. The van der Waals surface area contributed by atoms with Crippen LogP contribution >= 0.6 is 0 Å². The van der Waals surface area contributed by atoms with Gasteiger partial charge in [-0.05, 0) is 54.9 Å². The molecule has 21 heavy (non-hydrogen) atoms. The molecule has 1 N–H and O–H groups in total. The number of hydrogen-bond acceptors (Lipinski definition) is 2. The lowest BCUT2D eigenvalue weighted by molar-refractivity contribution is 0.0694. The van der Waals surface area contributed by atoms with Gasteiger partial charge in [-0.25, -0.2) is 4.79 Å². The standard InChI is InChI=1S/C18H26O3/c1-6-11-15-14(9-4)17(21-10-5)13(8-3)12(7-2)16(15)18(19)20/h6H,1,7-11H2,2-5H3,(H,19,20). The number of carbonyl (C=O) groups is 1. The Labute approximate surface area is 127 Å². The summed E-state index contributed by atoms with van der Waals surface area (Å²) in [6, 6.07) is 0. The highest BCUT2D eigenvalue weighted by molar-refractivity contribution is 5.93. The minimum Gasteiger partial charge on any atom is -0.493 e. The number of ether oxygens (including phenoxy) is 1. The lowest BCUT2D eigenvalue weighted by atomic mass is 9.85. The average Bonchev–Trinajstić information content (AvgIpc) is 2.46. The predicted molar refractivity (Wildman–Crippen MR) is 86.6 cm³/mol. The molecule has 0 aliphatic rings. The first-order valence-corrected chi connectivity index (χ1v) is 7.73. The van der Waals surface area contributed by atoms with E-state index in [0.717, 1.165) is 40.8 Å². The van der Waals surface area contributed by atoms with Crippen LogP contribution < -0.4 is 4.74 Å². The maximum Gasteiger partial charge on any atom is 0.336 e. The Morgan fingerprint density at radius 2 is 1.57 bits per heavy atom. The summed E-state index contributed by atoms with van der Waals surface area (Å²) in [7, 11) is 0. The van der Waals surface area contributed by atoms with Crippen LogP contribution in [0.3, 0.4) is 0 Å². The molecule has 1 aromatic rings. The summed E-state index contributed by atoms with van der Waals surface area (Å²) in [6.07, 6.45) is 4.55. The first-order valence-electron chi connectivity index (χ1n) is 7.73. The number of aromatic carboxylic acids is 1. The molecule has 0 bridgehead atoms. The van der Waals surface area contributed by atoms with Crippen LogP contribution in [-0.4, -0.2) is 17.7 Å². The number of carboxylic acids is 1. The van der Waals surface area contributed by atoms with E-state index < -0.39 is 5.97 Å². The highest BCUT2D eigenvalue weighted by Gasteiger charge is 2.25.